The van der Waals surface area contributed by atoms with Crippen molar-refractivity contribution in [3.8, 4) is 0 Å². The van der Waals surface area contributed by atoms with Crippen molar-refractivity contribution in [1.82, 2.24) is 10.0 Å². The van der Waals surface area contributed by atoms with Gasteiger partial charge >= 0.3 is 0 Å². The van der Waals surface area contributed by atoms with Crippen LogP contribution in [0.1, 0.15) is 9.67 Å². The SMILES string of the molecule is CS(=O)(=O)NCCNC(=O)c1ccc(Cl)s1. The standard InChI is InChI=1S/C8H11ClN2O3S2/c1-16(13,14)11-5-4-10-8(12)6-2-3-7(9)15-6/h2-3,11H,4-5H2,1H3,(H,10,12). The van der Waals surface area contributed by atoms with Crippen molar-refractivity contribution in [3.05, 3.63) is 21.3 Å². The summed E-state index contributed by atoms with van der Waals surface area (Å²) in [4.78, 5) is 11.9. The van der Waals surface area contributed by atoms with Crippen molar-refractivity contribution in [2.45, 2.75) is 0 Å². The smallest absolute Gasteiger partial charge is 0.261 e. The predicted octanol–water partition coefficient (Wildman–Crippen LogP) is 0.681. The van der Waals surface area contributed by atoms with E-state index >= 15 is 0 Å². The van der Waals surface area contributed by atoms with Crippen LogP contribution < -0.4 is 10.0 Å². The van der Waals surface area contributed by atoms with Gasteiger partial charge in [0.05, 0.1) is 15.5 Å². The highest BCUT2D eigenvalue weighted by Gasteiger charge is 2.07. The van der Waals surface area contributed by atoms with E-state index in [9.17, 15) is 13.2 Å². The van der Waals surface area contributed by atoms with E-state index in [4.69, 9.17) is 11.6 Å². The number of carbonyl (C=O) groups excluding carboxylic acids is 1. The van der Waals surface area contributed by atoms with Gasteiger partial charge < -0.3 is 5.32 Å². The van der Waals surface area contributed by atoms with Crippen molar-refractivity contribution in [2.75, 3.05) is 19.3 Å². The maximum absolute atomic E-state index is 11.4. The van der Waals surface area contributed by atoms with Crippen molar-refractivity contribution in [3.63, 3.8) is 0 Å². The Labute approximate surface area is 103 Å². The monoisotopic (exact) mass is 282 g/mol. The molecule has 0 aliphatic carbocycles. The lowest BCUT2D eigenvalue weighted by Gasteiger charge is -2.03. The second-order valence-corrected chi connectivity index (χ2v) is 6.57. The molecule has 8 heteroatoms. The summed E-state index contributed by atoms with van der Waals surface area (Å²) < 4.78 is 24.2. The molecule has 0 spiro atoms. The van der Waals surface area contributed by atoms with Crippen molar-refractivity contribution >= 4 is 38.9 Å². The van der Waals surface area contributed by atoms with Gasteiger partial charge in [-0.3, -0.25) is 4.79 Å². The first kappa shape index (κ1) is 13.4. The van der Waals surface area contributed by atoms with E-state index in [1.165, 1.54) is 11.3 Å². The Kier molecular flexibility index (Phi) is 4.72. The lowest BCUT2D eigenvalue weighted by Crippen LogP contribution is -2.33. The van der Waals surface area contributed by atoms with Gasteiger partial charge in [-0.1, -0.05) is 11.6 Å². The summed E-state index contributed by atoms with van der Waals surface area (Å²) in [6, 6.07) is 3.25. The average molecular weight is 283 g/mol. The molecule has 0 aromatic carbocycles. The molecule has 1 rings (SSSR count). The van der Waals surface area contributed by atoms with Gasteiger partial charge in [0, 0.05) is 13.1 Å². The quantitative estimate of drug-likeness (QED) is 0.780. The highest BCUT2D eigenvalue weighted by atomic mass is 35.5. The van der Waals surface area contributed by atoms with Crippen LogP contribution in [0.5, 0.6) is 0 Å². The Morgan fingerprint density at radius 1 is 1.44 bits per heavy atom. The van der Waals surface area contributed by atoms with E-state index in [-0.39, 0.29) is 19.0 Å². The summed E-state index contributed by atoms with van der Waals surface area (Å²) in [6.07, 6.45) is 1.06. The zero-order chi connectivity index (χ0) is 12.2. The first-order chi connectivity index (χ1) is 7.38. The molecule has 0 aliphatic rings. The summed E-state index contributed by atoms with van der Waals surface area (Å²) in [5, 5.41) is 2.57. The third-order valence-corrected chi connectivity index (χ3v) is 3.53. The Hall–Kier alpha value is -0.630. The molecule has 0 fully saturated rings. The first-order valence-corrected chi connectivity index (χ1v) is 7.45. The molecule has 1 aromatic heterocycles. The molecule has 90 valence electrons. The molecule has 0 atom stereocenters. The van der Waals surface area contributed by atoms with E-state index in [2.05, 4.69) is 10.0 Å². The topological polar surface area (TPSA) is 75.3 Å². The zero-order valence-electron chi connectivity index (χ0n) is 8.49. The van der Waals surface area contributed by atoms with Gasteiger partial charge in [-0.05, 0) is 12.1 Å². The summed E-state index contributed by atoms with van der Waals surface area (Å²) in [5.41, 5.74) is 0. The molecule has 0 unspecified atom stereocenters. The van der Waals surface area contributed by atoms with Gasteiger partial charge in [0.15, 0.2) is 0 Å². The lowest BCUT2D eigenvalue weighted by molar-refractivity contribution is 0.0958. The molecule has 0 radical (unpaired) electrons. The predicted molar refractivity (Wildman–Crippen MR) is 64.5 cm³/mol. The van der Waals surface area contributed by atoms with Crippen LogP contribution in [-0.4, -0.2) is 33.7 Å². The summed E-state index contributed by atoms with van der Waals surface area (Å²) in [6.45, 7) is 0.408. The molecule has 0 aliphatic heterocycles. The van der Waals surface area contributed by atoms with Crippen molar-refractivity contribution < 1.29 is 13.2 Å². The second kappa shape index (κ2) is 5.62. The Morgan fingerprint density at radius 3 is 2.62 bits per heavy atom. The van der Waals surface area contributed by atoms with E-state index in [0.29, 0.717) is 9.21 Å². The Morgan fingerprint density at radius 2 is 2.12 bits per heavy atom. The maximum atomic E-state index is 11.4. The minimum absolute atomic E-state index is 0.170. The summed E-state index contributed by atoms with van der Waals surface area (Å²) >= 11 is 6.85. The van der Waals surface area contributed by atoms with Crippen LogP contribution in [0.3, 0.4) is 0 Å². The second-order valence-electron chi connectivity index (χ2n) is 3.03. The Bertz CT molecular complexity index is 469. The molecule has 2 N–H and O–H groups in total. The molecule has 1 amide bonds. The van der Waals surface area contributed by atoms with Gasteiger partial charge in [0.2, 0.25) is 10.0 Å². The fourth-order valence-electron chi connectivity index (χ4n) is 0.936. The number of nitrogens with one attached hydrogen (secondary N) is 2. The molecule has 1 aromatic rings. The number of rotatable bonds is 5. The molecular formula is C8H11ClN2O3S2. The maximum Gasteiger partial charge on any atom is 0.261 e. The number of carbonyl (C=O) groups is 1. The van der Waals surface area contributed by atoms with Crippen LogP contribution in [-0.2, 0) is 10.0 Å². The zero-order valence-corrected chi connectivity index (χ0v) is 10.9. The van der Waals surface area contributed by atoms with Crippen LogP contribution in [0.25, 0.3) is 0 Å². The number of hydrogen-bond donors (Lipinski definition) is 2. The average Bonchev–Trinajstić information content (AvgIpc) is 2.57. The van der Waals surface area contributed by atoms with Gasteiger partial charge in [0.1, 0.15) is 0 Å². The fraction of sp³-hybridized carbons (Fsp3) is 0.375. The highest BCUT2D eigenvalue weighted by Crippen LogP contribution is 2.20. The number of sulfonamides is 1. The molecule has 5 nitrogen and oxygen atoms in total. The summed E-state index contributed by atoms with van der Waals surface area (Å²) in [7, 11) is -3.20. The minimum Gasteiger partial charge on any atom is -0.350 e. The molecule has 0 saturated heterocycles. The van der Waals surface area contributed by atoms with E-state index in [1.807, 2.05) is 0 Å². The summed E-state index contributed by atoms with van der Waals surface area (Å²) in [5.74, 6) is -0.257. The van der Waals surface area contributed by atoms with Crippen LogP contribution in [0.15, 0.2) is 12.1 Å². The third-order valence-electron chi connectivity index (χ3n) is 1.57. The van der Waals surface area contributed by atoms with Crippen molar-refractivity contribution in [1.29, 1.82) is 0 Å². The largest absolute Gasteiger partial charge is 0.350 e. The van der Waals surface area contributed by atoms with E-state index in [0.717, 1.165) is 6.26 Å². The van der Waals surface area contributed by atoms with E-state index < -0.39 is 10.0 Å². The van der Waals surface area contributed by atoms with Gasteiger partial charge in [-0.2, -0.15) is 0 Å². The molecule has 16 heavy (non-hydrogen) atoms. The first-order valence-electron chi connectivity index (χ1n) is 4.36. The fourth-order valence-corrected chi connectivity index (χ4v) is 2.37. The highest BCUT2D eigenvalue weighted by molar-refractivity contribution is 7.88. The van der Waals surface area contributed by atoms with Crippen molar-refractivity contribution in [2.24, 2.45) is 0 Å². The number of thiophene rings is 1. The van der Waals surface area contributed by atoms with Crippen LogP contribution in [0, 0.1) is 0 Å². The third kappa shape index (κ3) is 4.93. The molecule has 0 saturated carbocycles. The van der Waals surface area contributed by atoms with Crippen LogP contribution in [0.4, 0.5) is 0 Å². The van der Waals surface area contributed by atoms with Crippen LogP contribution in [0.2, 0.25) is 4.34 Å². The van der Waals surface area contributed by atoms with Gasteiger partial charge in [0.25, 0.3) is 5.91 Å². The number of halogens is 1. The number of hydrogen-bond acceptors (Lipinski definition) is 4. The number of amides is 1. The molecule has 0 bridgehead atoms. The lowest BCUT2D eigenvalue weighted by atomic mass is 10.4. The normalized spacial score (nSPS) is 11.4. The molecular weight excluding hydrogens is 272 g/mol. The Balaban J connectivity index is 2.31. The van der Waals surface area contributed by atoms with Gasteiger partial charge in [-0.15, -0.1) is 11.3 Å². The minimum atomic E-state index is -3.20. The molecule has 1 heterocycles. The van der Waals surface area contributed by atoms with Crippen LogP contribution >= 0.6 is 22.9 Å². The van der Waals surface area contributed by atoms with Gasteiger partial charge in [-0.25, -0.2) is 13.1 Å². The van der Waals surface area contributed by atoms with E-state index in [1.54, 1.807) is 12.1 Å².